The van der Waals surface area contributed by atoms with Crippen LogP contribution in [0.4, 0.5) is 11.4 Å². The molecule has 2 saturated heterocycles. The number of nitro groups is 1. The van der Waals surface area contributed by atoms with Gasteiger partial charge in [-0.05, 0) is 19.4 Å². The van der Waals surface area contributed by atoms with Gasteiger partial charge < -0.3 is 10.2 Å². The third kappa shape index (κ3) is 2.43. The molecule has 0 radical (unpaired) electrons. The van der Waals surface area contributed by atoms with E-state index in [2.05, 4.69) is 5.32 Å². The van der Waals surface area contributed by atoms with Gasteiger partial charge >= 0.3 is 0 Å². The molecule has 0 aliphatic carbocycles. The number of carbonyl (C=O) groups excluding carboxylic acids is 2. The van der Waals surface area contributed by atoms with Crippen molar-refractivity contribution < 1.29 is 14.5 Å². The topological polar surface area (TPSA) is 92.6 Å². The summed E-state index contributed by atoms with van der Waals surface area (Å²) in [6, 6.07) is 5.26. The predicted molar refractivity (Wildman–Crippen MR) is 82.5 cm³/mol. The van der Waals surface area contributed by atoms with E-state index in [0.717, 1.165) is 6.42 Å². The predicted octanol–water partition coefficient (Wildman–Crippen LogP) is 1.99. The number of thioether (sulfide) groups is 1. The molecule has 1 aromatic rings. The second-order valence-corrected chi connectivity index (χ2v) is 7.06. The Bertz CT molecular complexity index is 665. The number of hydrogen-bond donors (Lipinski definition) is 1. The number of fused-ring (bicyclic) bond motifs is 1. The van der Waals surface area contributed by atoms with E-state index in [1.54, 1.807) is 22.7 Å². The van der Waals surface area contributed by atoms with Crippen molar-refractivity contribution in [1.29, 1.82) is 0 Å². The maximum atomic E-state index is 12.4. The Balaban J connectivity index is 1.77. The van der Waals surface area contributed by atoms with Crippen molar-refractivity contribution in [3.8, 4) is 0 Å². The SMILES string of the molecule is C[C@@]12CCC(=O)N1[C@H](C(=O)Nc1cccc([N+](=O)[O-])c1)CS2. The number of nitrogens with zero attached hydrogens (tertiary/aromatic N) is 2. The number of non-ortho nitro benzene ring substituents is 1. The van der Waals surface area contributed by atoms with Crippen LogP contribution in [0, 0.1) is 10.1 Å². The minimum atomic E-state index is -0.524. The molecular formula is C14H15N3O4S. The molecule has 1 aromatic carbocycles. The molecule has 0 bridgehead atoms. The van der Waals surface area contributed by atoms with Gasteiger partial charge in [-0.15, -0.1) is 11.8 Å². The highest BCUT2D eigenvalue weighted by Gasteiger charge is 2.52. The van der Waals surface area contributed by atoms with E-state index in [-0.39, 0.29) is 22.4 Å². The molecule has 2 aliphatic rings. The zero-order chi connectivity index (χ0) is 15.9. The lowest BCUT2D eigenvalue weighted by Gasteiger charge is -2.29. The average Bonchev–Trinajstić information content (AvgIpc) is 2.96. The summed E-state index contributed by atoms with van der Waals surface area (Å²) in [5, 5.41) is 13.4. The van der Waals surface area contributed by atoms with Crippen molar-refractivity contribution >= 4 is 35.0 Å². The van der Waals surface area contributed by atoms with Crippen LogP contribution in [0.2, 0.25) is 0 Å². The highest BCUT2D eigenvalue weighted by Crippen LogP contribution is 2.47. The van der Waals surface area contributed by atoms with Gasteiger partial charge in [-0.25, -0.2) is 0 Å². The second-order valence-electron chi connectivity index (χ2n) is 5.56. The molecule has 7 nitrogen and oxygen atoms in total. The number of benzene rings is 1. The minimum absolute atomic E-state index is 0.00769. The Labute approximate surface area is 131 Å². The van der Waals surface area contributed by atoms with Crippen molar-refractivity contribution in [3.05, 3.63) is 34.4 Å². The number of amides is 2. The third-order valence-electron chi connectivity index (χ3n) is 4.07. The van der Waals surface area contributed by atoms with E-state index in [4.69, 9.17) is 0 Å². The van der Waals surface area contributed by atoms with Crippen LogP contribution in [-0.2, 0) is 9.59 Å². The molecule has 22 heavy (non-hydrogen) atoms. The number of hydrogen-bond acceptors (Lipinski definition) is 5. The fraction of sp³-hybridized carbons (Fsp3) is 0.429. The van der Waals surface area contributed by atoms with Crippen LogP contribution in [0.5, 0.6) is 0 Å². The van der Waals surface area contributed by atoms with Gasteiger partial charge in [0.25, 0.3) is 5.69 Å². The van der Waals surface area contributed by atoms with Gasteiger partial charge in [0.05, 0.1) is 9.79 Å². The Morgan fingerprint density at radius 3 is 3.05 bits per heavy atom. The summed E-state index contributed by atoms with van der Waals surface area (Å²) in [6.07, 6.45) is 1.21. The van der Waals surface area contributed by atoms with Gasteiger partial charge in [0.1, 0.15) is 6.04 Å². The zero-order valence-corrected chi connectivity index (χ0v) is 12.8. The first-order valence-electron chi connectivity index (χ1n) is 6.92. The summed E-state index contributed by atoms with van der Waals surface area (Å²) in [4.78, 5) is 36.1. The van der Waals surface area contributed by atoms with Crippen molar-refractivity contribution in [2.75, 3.05) is 11.1 Å². The Morgan fingerprint density at radius 1 is 1.55 bits per heavy atom. The van der Waals surface area contributed by atoms with Gasteiger partial charge in [0.15, 0.2) is 0 Å². The highest BCUT2D eigenvalue weighted by molar-refractivity contribution is 8.01. The molecular weight excluding hydrogens is 306 g/mol. The quantitative estimate of drug-likeness (QED) is 0.679. The molecule has 0 unspecified atom stereocenters. The number of nitrogens with one attached hydrogen (secondary N) is 1. The first-order chi connectivity index (χ1) is 10.4. The number of rotatable bonds is 3. The van der Waals surface area contributed by atoms with Gasteiger partial charge in [0, 0.05) is 30.0 Å². The Kier molecular flexibility index (Phi) is 3.56. The summed E-state index contributed by atoms with van der Waals surface area (Å²) in [7, 11) is 0. The third-order valence-corrected chi connectivity index (χ3v) is 5.58. The monoisotopic (exact) mass is 321 g/mol. The first-order valence-corrected chi connectivity index (χ1v) is 7.91. The maximum absolute atomic E-state index is 12.4. The number of nitro benzene ring substituents is 1. The average molecular weight is 321 g/mol. The van der Waals surface area contributed by atoms with E-state index < -0.39 is 11.0 Å². The maximum Gasteiger partial charge on any atom is 0.271 e. The van der Waals surface area contributed by atoms with Crippen LogP contribution in [0.3, 0.4) is 0 Å². The van der Waals surface area contributed by atoms with Gasteiger partial charge in [-0.2, -0.15) is 0 Å². The molecule has 2 fully saturated rings. The van der Waals surface area contributed by atoms with Gasteiger partial charge in [-0.3, -0.25) is 19.7 Å². The van der Waals surface area contributed by atoms with Crippen molar-refractivity contribution in [2.24, 2.45) is 0 Å². The molecule has 2 atom stereocenters. The molecule has 0 aromatic heterocycles. The normalized spacial score (nSPS) is 26.9. The number of carbonyl (C=O) groups is 2. The van der Waals surface area contributed by atoms with Gasteiger partial charge in [0.2, 0.25) is 11.8 Å². The minimum Gasteiger partial charge on any atom is -0.324 e. The van der Waals surface area contributed by atoms with E-state index in [9.17, 15) is 19.7 Å². The summed E-state index contributed by atoms with van der Waals surface area (Å²) in [5.74, 6) is 0.238. The Hall–Kier alpha value is -2.09. The fourth-order valence-corrected chi connectivity index (χ4v) is 4.37. The molecule has 0 spiro atoms. The van der Waals surface area contributed by atoms with Crippen LogP contribution in [0.25, 0.3) is 0 Å². The van der Waals surface area contributed by atoms with Crippen LogP contribution in [0.1, 0.15) is 19.8 Å². The largest absolute Gasteiger partial charge is 0.324 e. The molecule has 2 aliphatic heterocycles. The summed E-state index contributed by atoms with van der Waals surface area (Å²) < 4.78 is 0. The lowest BCUT2D eigenvalue weighted by Crippen LogP contribution is -2.48. The van der Waals surface area contributed by atoms with Crippen molar-refractivity contribution in [3.63, 3.8) is 0 Å². The molecule has 2 heterocycles. The molecule has 116 valence electrons. The fourth-order valence-electron chi connectivity index (χ4n) is 2.94. The highest BCUT2D eigenvalue weighted by atomic mass is 32.2. The lowest BCUT2D eigenvalue weighted by molar-refractivity contribution is -0.384. The molecule has 8 heteroatoms. The van der Waals surface area contributed by atoms with Crippen molar-refractivity contribution in [2.45, 2.75) is 30.7 Å². The van der Waals surface area contributed by atoms with Crippen LogP contribution in [0.15, 0.2) is 24.3 Å². The van der Waals surface area contributed by atoms with Crippen LogP contribution < -0.4 is 5.32 Å². The smallest absolute Gasteiger partial charge is 0.271 e. The molecule has 0 saturated carbocycles. The number of anilines is 1. The van der Waals surface area contributed by atoms with Crippen LogP contribution in [-0.4, -0.2) is 38.3 Å². The molecule has 3 rings (SSSR count). The van der Waals surface area contributed by atoms with E-state index in [1.807, 2.05) is 6.92 Å². The zero-order valence-electron chi connectivity index (χ0n) is 11.9. The Morgan fingerprint density at radius 2 is 2.32 bits per heavy atom. The standard InChI is InChI=1S/C14H15N3O4S/c1-14-6-5-12(18)16(14)11(8-22-14)13(19)15-9-3-2-4-10(7-9)17(20)21/h2-4,7,11H,5-6,8H2,1H3,(H,15,19)/t11-,14+/m0/s1. The summed E-state index contributed by atoms with van der Waals surface area (Å²) in [6.45, 7) is 1.98. The molecule has 2 amide bonds. The summed E-state index contributed by atoms with van der Waals surface area (Å²) >= 11 is 1.61. The summed E-state index contributed by atoms with van der Waals surface area (Å²) in [5.41, 5.74) is 0.283. The van der Waals surface area contributed by atoms with E-state index >= 15 is 0 Å². The van der Waals surface area contributed by atoms with E-state index in [0.29, 0.717) is 17.9 Å². The van der Waals surface area contributed by atoms with Crippen LogP contribution >= 0.6 is 11.8 Å². The lowest BCUT2D eigenvalue weighted by atomic mass is 10.2. The van der Waals surface area contributed by atoms with Crippen molar-refractivity contribution in [1.82, 2.24) is 4.90 Å². The van der Waals surface area contributed by atoms with Gasteiger partial charge in [-0.1, -0.05) is 6.07 Å². The molecule has 1 N–H and O–H groups in total. The van der Waals surface area contributed by atoms with E-state index in [1.165, 1.54) is 18.2 Å². The first kappa shape index (κ1) is 14.8. The second kappa shape index (κ2) is 5.28.